The Labute approximate surface area is 233 Å². The molecule has 2 unspecified atom stereocenters. The molecule has 4 rings (SSSR count). The first-order valence-electron chi connectivity index (χ1n) is 11.8. The topological polar surface area (TPSA) is 108 Å². The number of hydrogen-bond donors (Lipinski definition) is 3. The summed E-state index contributed by atoms with van der Waals surface area (Å²) in [7, 11) is 0. The number of nitrogens with two attached hydrogens (primary N) is 1. The van der Waals surface area contributed by atoms with Crippen molar-refractivity contribution in [1.29, 1.82) is 0 Å². The van der Waals surface area contributed by atoms with Gasteiger partial charge in [-0.25, -0.2) is 4.79 Å². The van der Waals surface area contributed by atoms with Gasteiger partial charge >= 0.3 is 12.3 Å². The fourth-order valence-electron chi connectivity index (χ4n) is 4.01. The van der Waals surface area contributed by atoms with E-state index in [4.69, 9.17) is 43.8 Å². The highest BCUT2D eigenvalue weighted by Crippen LogP contribution is 2.45. The first kappa shape index (κ1) is 30.2. The van der Waals surface area contributed by atoms with Crippen LogP contribution >= 0.6 is 23.2 Å². The minimum atomic E-state index is -4.59. The Kier molecular flexibility index (Phi) is 10.2. The molecule has 39 heavy (non-hydrogen) atoms. The van der Waals surface area contributed by atoms with Crippen molar-refractivity contribution in [2.24, 2.45) is 10.7 Å². The Balaban J connectivity index is 0.000000983. The lowest BCUT2D eigenvalue weighted by atomic mass is 9.94. The Hall–Kier alpha value is -3.31. The van der Waals surface area contributed by atoms with E-state index in [1.54, 1.807) is 55.5 Å². The minimum absolute atomic E-state index is 0.0189. The van der Waals surface area contributed by atoms with Crippen LogP contribution in [0.4, 0.5) is 18.0 Å². The number of alkyl halides is 3. The largest absolute Gasteiger partial charge is 0.493 e. The van der Waals surface area contributed by atoms with Gasteiger partial charge in [-0.2, -0.15) is 13.2 Å². The molecule has 0 saturated heterocycles. The van der Waals surface area contributed by atoms with Gasteiger partial charge in [-0.1, -0.05) is 47.5 Å². The summed E-state index contributed by atoms with van der Waals surface area (Å²) in [6.45, 7) is 2.18. The van der Waals surface area contributed by atoms with Crippen LogP contribution in [0.15, 0.2) is 71.7 Å². The third-order valence-electron chi connectivity index (χ3n) is 5.67. The zero-order valence-electron chi connectivity index (χ0n) is 20.7. The quantitative estimate of drug-likeness (QED) is 0.304. The highest BCUT2D eigenvalue weighted by molar-refractivity contribution is 6.30. The lowest BCUT2D eigenvalue weighted by Gasteiger charge is -2.27. The summed E-state index contributed by atoms with van der Waals surface area (Å²) < 4.78 is 45.5. The van der Waals surface area contributed by atoms with Crippen molar-refractivity contribution in [2.75, 3.05) is 19.8 Å². The molecule has 4 N–H and O–H groups in total. The number of amides is 1. The van der Waals surface area contributed by atoms with Gasteiger partial charge in [0.15, 0.2) is 0 Å². The van der Waals surface area contributed by atoms with Gasteiger partial charge in [-0.15, -0.1) is 0 Å². The summed E-state index contributed by atoms with van der Waals surface area (Å²) in [6, 6.07) is 14.9. The molecule has 3 aromatic carbocycles. The molecule has 0 spiro atoms. The number of ether oxygens (including phenoxy) is 1. The van der Waals surface area contributed by atoms with E-state index in [9.17, 15) is 23.1 Å². The van der Waals surface area contributed by atoms with Crippen LogP contribution in [0.1, 0.15) is 41.3 Å². The number of amidine groups is 1. The molecule has 0 aliphatic carbocycles. The summed E-state index contributed by atoms with van der Waals surface area (Å²) in [6.07, 6.45) is -5.91. The van der Waals surface area contributed by atoms with E-state index in [1.165, 1.54) is 6.07 Å². The number of carbonyl (C=O) groups is 1. The first-order chi connectivity index (χ1) is 18.5. The Bertz CT molecular complexity index is 1300. The van der Waals surface area contributed by atoms with Crippen molar-refractivity contribution in [1.82, 2.24) is 4.90 Å². The molecule has 12 heteroatoms. The van der Waals surface area contributed by atoms with E-state index < -0.39 is 29.9 Å². The molecule has 3 aromatic rings. The minimum Gasteiger partial charge on any atom is -0.493 e. The average Bonchev–Trinajstić information content (AvgIpc) is 3.30. The van der Waals surface area contributed by atoms with Gasteiger partial charge < -0.3 is 20.7 Å². The van der Waals surface area contributed by atoms with E-state index in [0.717, 1.165) is 17.0 Å². The predicted octanol–water partition coefficient (Wildman–Crippen LogP) is 6.57. The number of aliphatic hydroxyl groups excluding tert-OH is 1. The van der Waals surface area contributed by atoms with Crippen molar-refractivity contribution in [2.45, 2.75) is 25.2 Å². The summed E-state index contributed by atoms with van der Waals surface area (Å²) in [5, 5.41) is 18.9. The molecule has 0 saturated carbocycles. The molecule has 0 fully saturated rings. The van der Waals surface area contributed by atoms with Crippen LogP contribution in [-0.2, 0) is 6.18 Å². The fraction of sp³-hybridized carbons (Fsp3) is 0.259. The summed E-state index contributed by atoms with van der Waals surface area (Å²) in [5.41, 5.74) is 5.30. The lowest BCUT2D eigenvalue weighted by Crippen LogP contribution is -2.37. The SMILES string of the molecule is CCOc1cc(C(F)(F)F)ccc1C1=NC(c2ccc(Cl)cc2)C(c2ccc(Cl)cc2)N1C(=O)O.NCCO. The van der Waals surface area contributed by atoms with Crippen LogP contribution in [0.2, 0.25) is 10.0 Å². The standard InChI is InChI=1S/C25H19Cl2F3N2O3.C2H7NO/c1-2-35-20-13-16(25(28,29)30)7-12-19(20)23-31-21(14-3-8-17(26)9-4-14)22(32(23)24(33)34)15-5-10-18(27)11-6-15;3-1-2-4/h3-13,21-22H,2H2,1H3,(H,33,34);4H,1-3H2. The number of aliphatic hydroxyl groups is 1. The number of benzene rings is 3. The van der Waals surface area contributed by atoms with Crippen molar-refractivity contribution in [3.63, 3.8) is 0 Å². The van der Waals surface area contributed by atoms with Crippen LogP contribution < -0.4 is 10.5 Å². The number of aliphatic imine (C=N–C) groups is 1. The number of nitrogens with zero attached hydrogens (tertiary/aromatic N) is 2. The van der Waals surface area contributed by atoms with Crippen LogP contribution in [0.5, 0.6) is 5.75 Å². The van der Waals surface area contributed by atoms with Crippen LogP contribution in [0, 0.1) is 0 Å². The second kappa shape index (κ2) is 13.2. The first-order valence-corrected chi connectivity index (χ1v) is 12.5. The molecule has 7 nitrogen and oxygen atoms in total. The summed E-state index contributed by atoms with van der Waals surface area (Å²) >= 11 is 12.1. The van der Waals surface area contributed by atoms with Gasteiger partial charge in [0.05, 0.1) is 30.4 Å². The third-order valence-corrected chi connectivity index (χ3v) is 6.18. The van der Waals surface area contributed by atoms with Crippen molar-refractivity contribution >= 4 is 35.1 Å². The van der Waals surface area contributed by atoms with Gasteiger partial charge in [0, 0.05) is 16.6 Å². The van der Waals surface area contributed by atoms with Crippen molar-refractivity contribution in [3.05, 3.63) is 99.0 Å². The normalized spacial score (nSPS) is 16.8. The average molecular weight is 584 g/mol. The smallest absolute Gasteiger partial charge is 0.416 e. The van der Waals surface area contributed by atoms with E-state index in [0.29, 0.717) is 27.7 Å². The van der Waals surface area contributed by atoms with Gasteiger partial charge in [-0.3, -0.25) is 9.89 Å². The molecular weight excluding hydrogens is 558 g/mol. The Morgan fingerprint density at radius 1 is 1.03 bits per heavy atom. The highest BCUT2D eigenvalue weighted by atomic mass is 35.5. The van der Waals surface area contributed by atoms with E-state index in [-0.39, 0.29) is 30.4 Å². The maximum atomic E-state index is 13.3. The number of carboxylic acid groups (broad SMARTS) is 1. The van der Waals surface area contributed by atoms with E-state index in [1.807, 2.05) is 0 Å². The van der Waals surface area contributed by atoms with Crippen LogP contribution in [-0.4, -0.2) is 46.8 Å². The zero-order valence-corrected chi connectivity index (χ0v) is 22.2. The van der Waals surface area contributed by atoms with Crippen LogP contribution in [0.3, 0.4) is 0 Å². The monoisotopic (exact) mass is 583 g/mol. The van der Waals surface area contributed by atoms with E-state index >= 15 is 0 Å². The zero-order chi connectivity index (χ0) is 28.7. The predicted molar refractivity (Wildman–Crippen MR) is 144 cm³/mol. The van der Waals surface area contributed by atoms with Gasteiger partial charge in [0.2, 0.25) is 0 Å². The number of rotatable bonds is 6. The van der Waals surface area contributed by atoms with Gasteiger partial charge in [0.1, 0.15) is 17.6 Å². The molecule has 208 valence electrons. The van der Waals surface area contributed by atoms with Crippen molar-refractivity contribution < 1.29 is 32.9 Å². The Morgan fingerprint density at radius 2 is 1.56 bits per heavy atom. The molecular formula is C27H26Cl2F3N3O4. The molecule has 0 radical (unpaired) electrons. The molecule has 1 aliphatic rings. The van der Waals surface area contributed by atoms with Crippen LogP contribution in [0.25, 0.3) is 0 Å². The second-order valence-electron chi connectivity index (χ2n) is 8.25. The summed E-state index contributed by atoms with van der Waals surface area (Å²) in [5.74, 6) is -0.131. The maximum Gasteiger partial charge on any atom is 0.416 e. The van der Waals surface area contributed by atoms with Gasteiger partial charge in [-0.05, 0) is 60.5 Å². The van der Waals surface area contributed by atoms with Crippen molar-refractivity contribution in [3.8, 4) is 5.75 Å². The number of hydrogen-bond acceptors (Lipinski definition) is 5. The summed E-state index contributed by atoms with van der Waals surface area (Å²) in [4.78, 5) is 18.3. The molecule has 0 bridgehead atoms. The maximum absolute atomic E-state index is 13.3. The molecule has 2 atom stereocenters. The highest BCUT2D eigenvalue weighted by Gasteiger charge is 2.43. The molecule has 1 aliphatic heterocycles. The number of halogens is 5. The molecule has 1 amide bonds. The van der Waals surface area contributed by atoms with E-state index in [2.05, 4.69) is 0 Å². The molecule has 1 heterocycles. The second-order valence-corrected chi connectivity index (χ2v) is 9.12. The molecule has 0 aromatic heterocycles. The lowest BCUT2D eigenvalue weighted by molar-refractivity contribution is -0.137. The van der Waals surface area contributed by atoms with Gasteiger partial charge in [0.25, 0.3) is 0 Å². The fourth-order valence-corrected chi connectivity index (χ4v) is 4.26. The third kappa shape index (κ3) is 7.21. The Morgan fingerprint density at radius 3 is 2.03 bits per heavy atom.